The summed E-state index contributed by atoms with van der Waals surface area (Å²) < 4.78 is 7.20. The SMILES string of the molecule is O=C(c1cc2ccccc2o1)c1cc(Br)ccc1Br. The van der Waals surface area contributed by atoms with Gasteiger partial charge in [-0.2, -0.15) is 0 Å². The molecule has 19 heavy (non-hydrogen) atoms. The fraction of sp³-hybridized carbons (Fsp3) is 0. The molecule has 0 saturated carbocycles. The Labute approximate surface area is 126 Å². The molecule has 0 aliphatic carbocycles. The molecule has 0 spiro atoms. The van der Waals surface area contributed by atoms with Gasteiger partial charge in [-0.05, 0) is 30.3 Å². The molecule has 94 valence electrons. The van der Waals surface area contributed by atoms with Crippen molar-refractivity contribution in [2.75, 3.05) is 0 Å². The average Bonchev–Trinajstić information content (AvgIpc) is 2.84. The molecule has 3 rings (SSSR count). The molecule has 0 radical (unpaired) electrons. The van der Waals surface area contributed by atoms with Crippen LogP contribution < -0.4 is 0 Å². The van der Waals surface area contributed by atoms with E-state index in [1.54, 1.807) is 12.1 Å². The smallest absolute Gasteiger partial charge is 0.229 e. The highest BCUT2D eigenvalue weighted by Gasteiger charge is 2.17. The fourth-order valence-corrected chi connectivity index (χ4v) is 2.69. The number of halogens is 2. The molecule has 0 fully saturated rings. The predicted molar refractivity (Wildman–Crippen MR) is 81.5 cm³/mol. The van der Waals surface area contributed by atoms with E-state index >= 15 is 0 Å². The van der Waals surface area contributed by atoms with E-state index in [2.05, 4.69) is 31.9 Å². The first-order valence-electron chi connectivity index (χ1n) is 5.63. The van der Waals surface area contributed by atoms with E-state index in [4.69, 9.17) is 4.42 Å². The molecule has 0 N–H and O–H groups in total. The van der Waals surface area contributed by atoms with Crippen molar-refractivity contribution in [3.8, 4) is 0 Å². The van der Waals surface area contributed by atoms with Gasteiger partial charge < -0.3 is 4.42 Å². The van der Waals surface area contributed by atoms with Crippen molar-refractivity contribution in [3.63, 3.8) is 0 Å². The minimum Gasteiger partial charge on any atom is -0.453 e. The van der Waals surface area contributed by atoms with Crippen molar-refractivity contribution in [3.05, 3.63) is 68.8 Å². The number of furan rings is 1. The van der Waals surface area contributed by atoms with Gasteiger partial charge in [0.2, 0.25) is 5.78 Å². The molecule has 0 aliphatic heterocycles. The number of rotatable bonds is 2. The van der Waals surface area contributed by atoms with E-state index in [9.17, 15) is 4.79 Å². The summed E-state index contributed by atoms with van der Waals surface area (Å²) in [4.78, 5) is 12.4. The van der Waals surface area contributed by atoms with Crippen LogP contribution in [0.3, 0.4) is 0 Å². The van der Waals surface area contributed by atoms with Crippen LogP contribution in [0.2, 0.25) is 0 Å². The summed E-state index contributed by atoms with van der Waals surface area (Å²) in [7, 11) is 0. The normalized spacial score (nSPS) is 10.8. The van der Waals surface area contributed by atoms with Gasteiger partial charge in [-0.15, -0.1) is 0 Å². The van der Waals surface area contributed by atoms with Crippen LogP contribution in [0.25, 0.3) is 11.0 Å². The van der Waals surface area contributed by atoms with Gasteiger partial charge >= 0.3 is 0 Å². The Morgan fingerprint density at radius 1 is 1.00 bits per heavy atom. The van der Waals surface area contributed by atoms with Crippen LogP contribution >= 0.6 is 31.9 Å². The van der Waals surface area contributed by atoms with E-state index in [0.29, 0.717) is 11.3 Å². The molecule has 0 bridgehead atoms. The maximum absolute atomic E-state index is 12.4. The molecule has 3 aromatic rings. The predicted octanol–water partition coefficient (Wildman–Crippen LogP) is 5.19. The third kappa shape index (κ3) is 2.38. The van der Waals surface area contributed by atoms with Gasteiger partial charge in [-0.3, -0.25) is 4.79 Å². The van der Waals surface area contributed by atoms with E-state index in [0.717, 1.165) is 19.9 Å². The third-order valence-electron chi connectivity index (χ3n) is 2.82. The maximum Gasteiger partial charge on any atom is 0.229 e. The first-order chi connectivity index (χ1) is 9.15. The number of para-hydroxylation sites is 1. The Morgan fingerprint density at radius 2 is 1.79 bits per heavy atom. The monoisotopic (exact) mass is 378 g/mol. The van der Waals surface area contributed by atoms with Crippen molar-refractivity contribution in [1.29, 1.82) is 0 Å². The molecule has 1 heterocycles. The Morgan fingerprint density at radius 3 is 2.58 bits per heavy atom. The van der Waals surface area contributed by atoms with Crippen molar-refractivity contribution < 1.29 is 9.21 Å². The van der Waals surface area contributed by atoms with E-state index < -0.39 is 0 Å². The molecule has 0 atom stereocenters. The minimum absolute atomic E-state index is 0.135. The topological polar surface area (TPSA) is 30.2 Å². The molecule has 0 unspecified atom stereocenters. The van der Waals surface area contributed by atoms with Crippen LogP contribution in [0, 0.1) is 0 Å². The van der Waals surface area contributed by atoms with Crippen LogP contribution in [0.5, 0.6) is 0 Å². The molecule has 0 amide bonds. The van der Waals surface area contributed by atoms with Crippen molar-refractivity contribution in [2.45, 2.75) is 0 Å². The lowest BCUT2D eigenvalue weighted by atomic mass is 10.1. The van der Waals surface area contributed by atoms with E-state index in [1.807, 2.05) is 36.4 Å². The van der Waals surface area contributed by atoms with Crippen LogP contribution in [-0.2, 0) is 0 Å². The molecule has 4 heteroatoms. The third-order valence-corrected chi connectivity index (χ3v) is 4.01. The summed E-state index contributed by atoms with van der Waals surface area (Å²) in [5.74, 6) is 0.212. The first kappa shape index (κ1) is 12.6. The van der Waals surface area contributed by atoms with Crippen LogP contribution in [0.1, 0.15) is 16.1 Å². The number of benzene rings is 2. The van der Waals surface area contributed by atoms with Crippen LogP contribution in [0.15, 0.2) is 61.9 Å². The number of ketones is 1. The molecule has 1 aromatic heterocycles. The van der Waals surface area contributed by atoms with Gasteiger partial charge in [0.15, 0.2) is 5.76 Å². The zero-order chi connectivity index (χ0) is 13.4. The second-order valence-electron chi connectivity index (χ2n) is 4.10. The number of carbonyl (C=O) groups excluding carboxylic acids is 1. The highest BCUT2D eigenvalue weighted by molar-refractivity contribution is 9.11. The number of hydrogen-bond donors (Lipinski definition) is 0. The lowest BCUT2D eigenvalue weighted by Crippen LogP contribution is -2.00. The summed E-state index contributed by atoms with van der Waals surface area (Å²) in [5.41, 5.74) is 1.30. The highest BCUT2D eigenvalue weighted by Crippen LogP contribution is 2.26. The summed E-state index contributed by atoms with van der Waals surface area (Å²) >= 11 is 6.76. The van der Waals surface area contributed by atoms with Crippen LogP contribution in [0.4, 0.5) is 0 Å². The second kappa shape index (κ2) is 4.94. The molecule has 0 aliphatic rings. The minimum atomic E-state index is -0.135. The maximum atomic E-state index is 12.4. The van der Waals surface area contributed by atoms with Gasteiger partial charge in [0.05, 0.1) is 0 Å². The van der Waals surface area contributed by atoms with Crippen molar-refractivity contribution in [1.82, 2.24) is 0 Å². The number of fused-ring (bicyclic) bond motifs is 1. The zero-order valence-electron chi connectivity index (χ0n) is 9.69. The number of carbonyl (C=O) groups is 1. The summed E-state index contributed by atoms with van der Waals surface area (Å²) in [6.45, 7) is 0. The van der Waals surface area contributed by atoms with Gasteiger partial charge in [0.1, 0.15) is 5.58 Å². The lowest BCUT2D eigenvalue weighted by molar-refractivity contribution is 0.101. The van der Waals surface area contributed by atoms with E-state index in [-0.39, 0.29) is 5.78 Å². The quantitative estimate of drug-likeness (QED) is 0.573. The fourth-order valence-electron chi connectivity index (χ4n) is 1.90. The van der Waals surface area contributed by atoms with Gasteiger partial charge in [-0.1, -0.05) is 50.1 Å². The Kier molecular flexibility index (Phi) is 3.29. The Bertz CT molecular complexity index is 742. The molecule has 2 aromatic carbocycles. The average molecular weight is 380 g/mol. The zero-order valence-corrected chi connectivity index (χ0v) is 12.9. The van der Waals surface area contributed by atoms with Crippen LogP contribution in [-0.4, -0.2) is 5.78 Å². The molecular formula is C15H8Br2O2. The van der Waals surface area contributed by atoms with Crippen molar-refractivity contribution >= 4 is 48.6 Å². The Hall–Kier alpha value is -1.39. The largest absolute Gasteiger partial charge is 0.453 e. The molecule has 2 nitrogen and oxygen atoms in total. The lowest BCUT2D eigenvalue weighted by Gasteiger charge is -2.01. The molecule has 0 saturated heterocycles. The van der Waals surface area contributed by atoms with Gasteiger partial charge in [-0.25, -0.2) is 0 Å². The van der Waals surface area contributed by atoms with Gasteiger partial charge in [0.25, 0.3) is 0 Å². The summed E-state index contributed by atoms with van der Waals surface area (Å²) in [6.07, 6.45) is 0. The first-order valence-corrected chi connectivity index (χ1v) is 7.22. The Balaban J connectivity index is 2.10. The highest BCUT2D eigenvalue weighted by atomic mass is 79.9. The molecular weight excluding hydrogens is 372 g/mol. The summed E-state index contributed by atoms with van der Waals surface area (Å²) in [5, 5.41) is 0.928. The summed E-state index contributed by atoms with van der Waals surface area (Å²) in [6, 6.07) is 14.8. The van der Waals surface area contributed by atoms with Crippen molar-refractivity contribution in [2.24, 2.45) is 0 Å². The van der Waals surface area contributed by atoms with E-state index in [1.165, 1.54) is 0 Å². The number of hydrogen-bond acceptors (Lipinski definition) is 2. The van der Waals surface area contributed by atoms with Gasteiger partial charge in [0, 0.05) is 19.9 Å². The standard InChI is InChI=1S/C15H8Br2O2/c16-10-5-6-12(17)11(8-10)15(18)14-7-9-3-1-2-4-13(9)19-14/h1-8H. The second-order valence-corrected chi connectivity index (χ2v) is 5.87.